The summed E-state index contributed by atoms with van der Waals surface area (Å²) in [6, 6.07) is 2.30. The molecule has 6 heteroatoms. The van der Waals surface area contributed by atoms with E-state index in [2.05, 4.69) is 29.1 Å². The summed E-state index contributed by atoms with van der Waals surface area (Å²) < 4.78 is 28.6. The topological polar surface area (TPSA) is 47.0 Å². The van der Waals surface area contributed by atoms with Crippen molar-refractivity contribution in [3.05, 3.63) is 23.3 Å². The maximum atomic E-state index is 11.9. The number of halogens is 2. The largest absolute Gasteiger partial charge is 0.375 e. The van der Waals surface area contributed by atoms with Gasteiger partial charge >= 0.3 is 0 Å². The second-order valence-corrected chi connectivity index (χ2v) is 4.67. The molecule has 0 unspecified atom stereocenters. The molecule has 0 aliphatic heterocycles. The maximum Gasteiger partial charge on any atom is 0.261 e. The molecule has 0 amide bonds. The summed E-state index contributed by atoms with van der Waals surface area (Å²) in [4.78, 5) is 8.65. The lowest BCUT2D eigenvalue weighted by Crippen LogP contribution is -2.23. The van der Waals surface area contributed by atoms with Crippen molar-refractivity contribution in [3.8, 4) is 0 Å². The number of rotatable bonds is 8. The average Bonchev–Trinajstić information content (AvgIpc) is 2.31. The molecular weight excluding hydrogens is 252 g/mol. The van der Waals surface area contributed by atoms with Crippen molar-refractivity contribution in [2.75, 3.05) is 13.2 Å². The fourth-order valence-corrected chi connectivity index (χ4v) is 1.55. The van der Waals surface area contributed by atoms with Gasteiger partial charge in [-0.2, -0.15) is 0 Å². The Kier molecular flexibility index (Phi) is 6.80. The molecule has 0 aliphatic rings. The van der Waals surface area contributed by atoms with Crippen molar-refractivity contribution in [1.29, 1.82) is 0 Å². The van der Waals surface area contributed by atoms with Gasteiger partial charge in [0, 0.05) is 24.7 Å². The van der Waals surface area contributed by atoms with E-state index in [-0.39, 0.29) is 6.61 Å². The number of hydrogen-bond donors (Lipinski definition) is 1. The van der Waals surface area contributed by atoms with Crippen LogP contribution in [0.2, 0.25) is 0 Å². The molecule has 1 aromatic rings. The molecule has 1 aromatic heterocycles. The van der Waals surface area contributed by atoms with Crippen LogP contribution in [0.15, 0.2) is 6.07 Å². The summed E-state index contributed by atoms with van der Waals surface area (Å²) in [6.45, 7) is 6.37. The lowest BCUT2D eigenvalue weighted by molar-refractivity contribution is 0.0182. The normalized spacial score (nSPS) is 11.5. The van der Waals surface area contributed by atoms with Crippen molar-refractivity contribution in [2.45, 2.75) is 46.2 Å². The number of nitrogens with zero attached hydrogens (tertiary/aromatic N) is 2. The van der Waals surface area contributed by atoms with Crippen molar-refractivity contribution in [1.82, 2.24) is 15.3 Å². The van der Waals surface area contributed by atoms with E-state index in [1.165, 1.54) is 0 Å². The number of ether oxygens (including phenoxy) is 1. The van der Waals surface area contributed by atoms with Crippen LogP contribution in [0.4, 0.5) is 8.78 Å². The molecule has 0 radical (unpaired) electrons. The molecule has 0 saturated heterocycles. The van der Waals surface area contributed by atoms with Crippen molar-refractivity contribution >= 4 is 0 Å². The van der Waals surface area contributed by atoms with Crippen LogP contribution in [0, 0.1) is 6.92 Å². The summed E-state index contributed by atoms with van der Waals surface area (Å²) >= 11 is 0. The third kappa shape index (κ3) is 7.12. The number of nitrogens with one attached hydrogen (secondary N) is 1. The van der Waals surface area contributed by atoms with Crippen molar-refractivity contribution < 1.29 is 13.5 Å². The highest BCUT2D eigenvalue weighted by atomic mass is 19.3. The SMILES string of the molecule is Cc1cc(CNC(C)C)nc(CCOCC(F)F)n1. The molecular formula is C13H21F2N3O. The summed E-state index contributed by atoms with van der Waals surface area (Å²) in [6.07, 6.45) is -1.98. The minimum Gasteiger partial charge on any atom is -0.375 e. The van der Waals surface area contributed by atoms with Gasteiger partial charge in [-0.1, -0.05) is 13.8 Å². The zero-order chi connectivity index (χ0) is 14.3. The molecule has 108 valence electrons. The predicted molar refractivity (Wildman–Crippen MR) is 69.3 cm³/mol. The summed E-state index contributed by atoms with van der Waals surface area (Å²) in [5.41, 5.74) is 1.78. The number of alkyl halides is 2. The fraction of sp³-hybridized carbons (Fsp3) is 0.692. The molecule has 1 N–H and O–H groups in total. The van der Waals surface area contributed by atoms with E-state index < -0.39 is 13.0 Å². The highest BCUT2D eigenvalue weighted by Crippen LogP contribution is 2.03. The van der Waals surface area contributed by atoms with Gasteiger partial charge in [-0.25, -0.2) is 18.7 Å². The van der Waals surface area contributed by atoms with Crippen LogP contribution >= 0.6 is 0 Å². The van der Waals surface area contributed by atoms with Gasteiger partial charge in [-0.3, -0.25) is 0 Å². The van der Waals surface area contributed by atoms with Crippen LogP contribution in [-0.4, -0.2) is 35.6 Å². The predicted octanol–water partition coefficient (Wildman–Crippen LogP) is 2.11. The van der Waals surface area contributed by atoms with Crippen LogP contribution in [0.3, 0.4) is 0 Å². The van der Waals surface area contributed by atoms with Gasteiger partial charge in [0.25, 0.3) is 6.43 Å². The van der Waals surface area contributed by atoms with Crippen LogP contribution < -0.4 is 5.32 Å². The monoisotopic (exact) mass is 273 g/mol. The molecule has 0 bridgehead atoms. The first-order valence-corrected chi connectivity index (χ1v) is 6.40. The quantitative estimate of drug-likeness (QED) is 0.737. The van der Waals surface area contributed by atoms with E-state index in [0.717, 1.165) is 11.4 Å². The van der Waals surface area contributed by atoms with E-state index in [1.807, 2.05) is 13.0 Å². The van der Waals surface area contributed by atoms with Gasteiger partial charge in [-0.05, 0) is 13.0 Å². The molecule has 1 rings (SSSR count). The van der Waals surface area contributed by atoms with E-state index >= 15 is 0 Å². The minimum atomic E-state index is -2.43. The number of aryl methyl sites for hydroxylation is 1. The zero-order valence-corrected chi connectivity index (χ0v) is 11.6. The summed E-state index contributed by atoms with van der Waals surface area (Å²) in [5, 5.41) is 3.28. The fourth-order valence-electron chi connectivity index (χ4n) is 1.55. The Balaban J connectivity index is 2.48. The van der Waals surface area contributed by atoms with Crippen LogP contribution in [-0.2, 0) is 17.7 Å². The van der Waals surface area contributed by atoms with Gasteiger partial charge in [0.15, 0.2) is 0 Å². The van der Waals surface area contributed by atoms with Gasteiger partial charge in [-0.15, -0.1) is 0 Å². The first-order valence-electron chi connectivity index (χ1n) is 6.40. The van der Waals surface area contributed by atoms with Gasteiger partial charge in [0.05, 0.1) is 12.3 Å². The second-order valence-electron chi connectivity index (χ2n) is 4.67. The number of aromatic nitrogens is 2. The lowest BCUT2D eigenvalue weighted by atomic mass is 10.3. The molecule has 0 aromatic carbocycles. The third-order valence-electron chi connectivity index (χ3n) is 2.36. The standard InChI is InChI=1S/C13H21F2N3O/c1-9(2)16-7-11-6-10(3)17-13(18-11)4-5-19-8-12(14)15/h6,9,12,16H,4-5,7-8H2,1-3H3. The summed E-state index contributed by atoms with van der Waals surface area (Å²) in [7, 11) is 0. The van der Waals surface area contributed by atoms with Crippen molar-refractivity contribution in [2.24, 2.45) is 0 Å². The third-order valence-corrected chi connectivity index (χ3v) is 2.36. The molecule has 0 spiro atoms. The number of hydrogen-bond acceptors (Lipinski definition) is 4. The van der Waals surface area contributed by atoms with E-state index in [9.17, 15) is 8.78 Å². The summed E-state index contributed by atoms with van der Waals surface area (Å²) in [5.74, 6) is 0.634. The van der Waals surface area contributed by atoms with E-state index in [4.69, 9.17) is 4.74 Å². The Hall–Kier alpha value is -1.14. The highest BCUT2D eigenvalue weighted by molar-refractivity contribution is 5.10. The molecule has 0 aliphatic carbocycles. The Morgan fingerprint density at radius 2 is 2.05 bits per heavy atom. The maximum absolute atomic E-state index is 11.9. The Bertz CT molecular complexity index is 386. The molecule has 4 nitrogen and oxygen atoms in total. The molecule has 19 heavy (non-hydrogen) atoms. The van der Waals surface area contributed by atoms with Gasteiger partial charge in [0.1, 0.15) is 12.4 Å². The Morgan fingerprint density at radius 1 is 1.32 bits per heavy atom. The minimum absolute atomic E-state index is 0.213. The first-order chi connectivity index (χ1) is 8.97. The molecule has 0 atom stereocenters. The average molecular weight is 273 g/mol. The van der Waals surface area contributed by atoms with Crippen LogP contribution in [0.25, 0.3) is 0 Å². The van der Waals surface area contributed by atoms with Crippen LogP contribution in [0.1, 0.15) is 31.1 Å². The first kappa shape index (κ1) is 15.9. The highest BCUT2D eigenvalue weighted by Gasteiger charge is 2.05. The van der Waals surface area contributed by atoms with E-state index in [0.29, 0.717) is 24.8 Å². The van der Waals surface area contributed by atoms with Gasteiger partial charge < -0.3 is 10.1 Å². The van der Waals surface area contributed by atoms with Gasteiger partial charge in [0.2, 0.25) is 0 Å². The molecule has 0 fully saturated rings. The molecule has 0 saturated carbocycles. The molecule has 1 heterocycles. The van der Waals surface area contributed by atoms with E-state index in [1.54, 1.807) is 0 Å². The second kappa shape index (κ2) is 8.12. The lowest BCUT2D eigenvalue weighted by Gasteiger charge is -2.09. The van der Waals surface area contributed by atoms with Crippen LogP contribution in [0.5, 0.6) is 0 Å². The zero-order valence-electron chi connectivity index (χ0n) is 11.6. The Labute approximate surface area is 112 Å². The smallest absolute Gasteiger partial charge is 0.261 e. The van der Waals surface area contributed by atoms with Crippen molar-refractivity contribution in [3.63, 3.8) is 0 Å². The Morgan fingerprint density at radius 3 is 2.68 bits per heavy atom.